The van der Waals surface area contributed by atoms with Crippen LogP contribution in [0.1, 0.15) is 38.7 Å². The Labute approximate surface area is 142 Å². The van der Waals surface area contributed by atoms with E-state index < -0.39 is 15.4 Å². The van der Waals surface area contributed by atoms with Crippen molar-refractivity contribution in [1.29, 1.82) is 0 Å². The number of hydrogen-bond donors (Lipinski definition) is 1. The van der Waals surface area contributed by atoms with Crippen LogP contribution in [0.4, 0.5) is 5.69 Å². The third-order valence-corrected chi connectivity index (χ3v) is 7.92. The molecule has 0 aromatic heterocycles. The molecule has 2 aliphatic rings. The number of halogens is 1. The Balaban J connectivity index is 1.90. The average molecular weight is 356 g/mol. The van der Waals surface area contributed by atoms with Crippen LogP contribution in [-0.4, -0.2) is 20.0 Å². The van der Waals surface area contributed by atoms with E-state index >= 15 is 0 Å². The van der Waals surface area contributed by atoms with E-state index in [0.29, 0.717) is 35.0 Å². The van der Waals surface area contributed by atoms with Crippen LogP contribution in [0.2, 0.25) is 5.02 Å². The van der Waals surface area contributed by atoms with Crippen molar-refractivity contribution in [1.82, 2.24) is 0 Å². The molecule has 1 aromatic carbocycles. The number of anilines is 1. The molecule has 0 spiro atoms. The van der Waals surface area contributed by atoms with Crippen molar-refractivity contribution < 1.29 is 13.2 Å². The first-order valence-electron chi connectivity index (χ1n) is 7.88. The summed E-state index contributed by atoms with van der Waals surface area (Å²) >= 11 is 6.05. The molecule has 23 heavy (non-hydrogen) atoms. The first kappa shape index (κ1) is 16.8. The van der Waals surface area contributed by atoms with Crippen molar-refractivity contribution in [3.05, 3.63) is 28.8 Å². The van der Waals surface area contributed by atoms with Gasteiger partial charge in [0.1, 0.15) is 5.78 Å². The second-order valence-corrected chi connectivity index (χ2v) is 9.57. The van der Waals surface area contributed by atoms with Gasteiger partial charge in [0.05, 0.1) is 16.9 Å². The molecule has 0 aliphatic heterocycles. The molecule has 2 saturated carbocycles. The van der Waals surface area contributed by atoms with E-state index in [2.05, 4.69) is 4.72 Å². The highest BCUT2D eigenvalue weighted by atomic mass is 35.5. The molecule has 0 amide bonds. The Morgan fingerprint density at radius 2 is 2.04 bits per heavy atom. The molecule has 4 nitrogen and oxygen atoms in total. The number of Topliss-reactive ketones (excluding diaryl/α,β-unsaturated/α-hetero) is 1. The smallest absolute Gasteiger partial charge is 0.233 e. The van der Waals surface area contributed by atoms with Gasteiger partial charge in [-0.3, -0.25) is 9.52 Å². The Morgan fingerprint density at radius 1 is 1.35 bits per heavy atom. The summed E-state index contributed by atoms with van der Waals surface area (Å²) in [6, 6.07) is 5.12. The number of rotatable bonds is 4. The monoisotopic (exact) mass is 355 g/mol. The number of ketones is 1. The van der Waals surface area contributed by atoms with Crippen LogP contribution in [0, 0.1) is 23.7 Å². The summed E-state index contributed by atoms with van der Waals surface area (Å²) < 4.78 is 28.1. The van der Waals surface area contributed by atoms with Crippen LogP contribution < -0.4 is 4.72 Å². The summed E-state index contributed by atoms with van der Waals surface area (Å²) in [5, 5.41) is 0.515. The van der Waals surface area contributed by atoms with Gasteiger partial charge < -0.3 is 0 Å². The van der Waals surface area contributed by atoms with Crippen LogP contribution in [0.3, 0.4) is 0 Å². The lowest BCUT2D eigenvalue weighted by atomic mass is 9.70. The molecule has 2 fully saturated rings. The van der Waals surface area contributed by atoms with Gasteiger partial charge in [-0.2, -0.15) is 0 Å². The quantitative estimate of drug-likeness (QED) is 0.893. The molecule has 0 radical (unpaired) electrons. The van der Waals surface area contributed by atoms with Crippen molar-refractivity contribution in [3.8, 4) is 0 Å². The SMILES string of the molecule is Cc1c(Cl)cccc1NS(=O)(=O)C[C@@]12CC[C@@H](CC1=O)C2(C)C. The minimum absolute atomic E-state index is 0.104. The molecular weight excluding hydrogens is 334 g/mol. The number of fused-ring (bicyclic) bond motifs is 2. The molecule has 2 atom stereocenters. The maximum atomic E-state index is 12.7. The maximum absolute atomic E-state index is 12.7. The molecule has 2 aliphatic carbocycles. The first-order chi connectivity index (χ1) is 10.6. The molecule has 0 unspecified atom stereocenters. The van der Waals surface area contributed by atoms with E-state index in [1.54, 1.807) is 25.1 Å². The Bertz CT molecular complexity index is 772. The number of carbonyl (C=O) groups is 1. The zero-order valence-corrected chi connectivity index (χ0v) is 15.2. The van der Waals surface area contributed by atoms with Crippen molar-refractivity contribution in [2.45, 2.75) is 40.0 Å². The fourth-order valence-electron chi connectivity index (χ4n) is 4.35. The minimum Gasteiger partial charge on any atom is -0.299 e. The Morgan fingerprint density at radius 3 is 2.61 bits per heavy atom. The van der Waals surface area contributed by atoms with E-state index in [0.717, 1.165) is 6.42 Å². The average Bonchev–Trinajstić information content (AvgIpc) is 2.77. The van der Waals surface area contributed by atoms with Gasteiger partial charge in [-0.05, 0) is 48.8 Å². The van der Waals surface area contributed by atoms with Gasteiger partial charge in [0.15, 0.2) is 0 Å². The van der Waals surface area contributed by atoms with E-state index in [-0.39, 0.29) is 17.0 Å². The third-order valence-electron chi connectivity index (χ3n) is 6.11. The van der Waals surface area contributed by atoms with Crippen LogP contribution in [0.15, 0.2) is 18.2 Å². The summed E-state index contributed by atoms with van der Waals surface area (Å²) in [4.78, 5) is 12.5. The van der Waals surface area contributed by atoms with E-state index in [9.17, 15) is 13.2 Å². The largest absolute Gasteiger partial charge is 0.299 e. The summed E-state index contributed by atoms with van der Waals surface area (Å²) in [6.07, 6.45) is 2.11. The summed E-state index contributed by atoms with van der Waals surface area (Å²) in [5.74, 6) is 0.263. The predicted octanol–water partition coefficient (Wildman–Crippen LogP) is 3.79. The molecule has 3 rings (SSSR count). The van der Waals surface area contributed by atoms with Gasteiger partial charge in [0.25, 0.3) is 0 Å². The zero-order valence-electron chi connectivity index (χ0n) is 13.6. The molecule has 2 bridgehead atoms. The number of hydrogen-bond acceptors (Lipinski definition) is 3. The summed E-state index contributed by atoms with van der Waals surface area (Å²) in [6.45, 7) is 5.85. The molecule has 1 N–H and O–H groups in total. The lowest BCUT2D eigenvalue weighted by Crippen LogP contribution is -2.43. The number of sulfonamides is 1. The normalized spacial score (nSPS) is 29.0. The molecule has 0 saturated heterocycles. The van der Waals surface area contributed by atoms with Crippen molar-refractivity contribution in [2.75, 3.05) is 10.5 Å². The van der Waals surface area contributed by atoms with Gasteiger partial charge in [-0.15, -0.1) is 0 Å². The van der Waals surface area contributed by atoms with Crippen LogP contribution in [0.25, 0.3) is 0 Å². The molecule has 6 heteroatoms. The second-order valence-electron chi connectivity index (χ2n) is 7.44. The molecule has 0 heterocycles. The number of benzene rings is 1. The summed E-state index contributed by atoms with van der Waals surface area (Å²) in [5.41, 5.74) is 0.154. The fourth-order valence-corrected chi connectivity index (χ4v) is 6.48. The third kappa shape index (κ3) is 2.49. The zero-order chi connectivity index (χ0) is 17.0. The fraction of sp³-hybridized carbons (Fsp3) is 0.588. The topological polar surface area (TPSA) is 63.2 Å². The highest BCUT2D eigenvalue weighted by Crippen LogP contribution is 2.64. The lowest BCUT2D eigenvalue weighted by molar-refractivity contribution is -0.128. The second kappa shape index (κ2) is 5.21. The van der Waals surface area contributed by atoms with Gasteiger partial charge in [-0.1, -0.05) is 31.5 Å². The van der Waals surface area contributed by atoms with Gasteiger partial charge in [0.2, 0.25) is 10.0 Å². The predicted molar refractivity (Wildman–Crippen MR) is 92.2 cm³/mol. The first-order valence-corrected chi connectivity index (χ1v) is 9.91. The minimum atomic E-state index is -3.63. The number of carbonyl (C=O) groups excluding carboxylic acids is 1. The highest BCUT2D eigenvalue weighted by molar-refractivity contribution is 7.92. The highest BCUT2D eigenvalue weighted by Gasteiger charge is 2.65. The molecule has 1 aromatic rings. The van der Waals surface area contributed by atoms with Gasteiger partial charge >= 0.3 is 0 Å². The Kier molecular flexibility index (Phi) is 3.80. The molecule has 126 valence electrons. The van der Waals surface area contributed by atoms with Crippen molar-refractivity contribution >= 4 is 33.1 Å². The van der Waals surface area contributed by atoms with Crippen molar-refractivity contribution in [3.63, 3.8) is 0 Å². The van der Waals surface area contributed by atoms with E-state index in [1.807, 2.05) is 13.8 Å². The Hall–Kier alpha value is -1.07. The summed E-state index contributed by atoms with van der Waals surface area (Å²) in [7, 11) is -3.63. The van der Waals surface area contributed by atoms with Crippen LogP contribution >= 0.6 is 11.6 Å². The van der Waals surface area contributed by atoms with Crippen LogP contribution in [-0.2, 0) is 14.8 Å². The van der Waals surface area contributed by atoms with Gasteiger partial charge in [-0.25, -0.2) is 8.42 Å². The van der Waals surface area contributed by atoms with Crippen LogP contribution in [0.5, 0.6) is 0 Å². The van der Waals surface area contributed by atoms with E-state index in [1.165, 1.54) is 0 Å². The number of nitrogens with one attached hydrogen (secondary N) is 1. The lowest BCUT2D eigenvalue weighted by Gasteiger charge is -2.36. The van der Waals surface area contributed by atoms with E-state index in [4.69, 9.17) is 11.6 Å². The maximum Gasteiger partial charge on any atom is 0.233 e. The van der Waals surface area contributed by atoms with Crippen molar-refractivity contribution in [2.24, 2.45) is 16.7 Å². The standard InChI is InChI=1S/C17H22ClNO3S/c1-11-13(18)5-4-6-14(11)19-23(21,22)10-17-8-7-12(9-15(17)20)16(17,2)3/h4-6,12,19H,7-10H2,1-3H3/t12-,17-/m0/s1. The van der Waals surface area contributed by atoms with Gasteiger partial charge in [0, 0.05) is 11.4 Å². The molecular formula is C17H22ClNO3S.